The van der Waals surface area contributed by atoms with E-state index in [0.29, 0.717) is 12.8 Å². The van der Waals surface area contributed by atoms with E-state index in [1.165, 1.54) is 24.3 Å². The van der Waals surface area contributed by atoms with Gasteiger partial charge in [-0.1, -0.05) is 0 Å². The quantitative estimate of drug-likeness (QED) is 0.262. The van der Waals surface area contributed by atoms with Crippen LogP contribution in [0.4, 0.5) is 5.69 Å². The number of rotatable bonds is 6. The first kappa shape index (κ1) is 16.8. The average Bonchev–Trinajstić information content (AvgIpc) is 2.94. The minimum Gasteiger partial charge on any atom is -0.465 e. The third-order valence-electron chi connectivity index (χ3n) is 3.94. The van der Waals surface area contributed by atoms with Crippen LogP contribution in [0.3, 0.4) is 0 Å². The molecule has 1 aliphatic rings. The lowest BCUT2D eigenvalue weighted by Crippen LogP contribution is -2.32. The molecule has 0 aromatic heterocycles. The van der Waals surface area contributed by atoms with E-state index < -0.39 is 22.6 Å². The van der Waals surface area contributed by atoms with Crippen molar-refractivity contribution >= 4 is 23.2 Å². The molecule has 1 fully saturated rings. The van der Waals surface area contributed by atoms with Gasteiger partial charge in [-0.2, -0.15) is 0 Å². The van der Waals surface area contributed by atoms with Gasteiger partial charge < -0.3 is 4.74 Å². The highest BCUT2D eigenvalue weighted by Gasteiger charge is 2.40. The van der Waals surface area contributed by atoms with Crippen LogP contribution in [-0.2, 0) is 14.3 Å². The molecule has 0 spiro atoms. The standard InChI is InChI=1S/C16H17NO6/c1-2-23-16(20)14(11-5-8-13(18)9-11)15(19)10-3-6-12(7-4-10)17(21)22/h3-4,6-7,11,14H,2,5,8-9H2,1H3/t11-,14?/m1/s1. The second kappa shape index (κ2) is 7.13. The van der Waals surface area contributed by atoms with Gasteiger partial charge in [0.15, 0.2) is 5.78 Å². The van der Waals surface area contributed by atoms with Crippen LogP contribution in [0.25, 0.3) is 0 Å². The molecular weight excluding hydrogens is 302 g/mol. The summed E-state index contributed by atoms with van der Waals surface area (Å²) in [5, 5.41) is 10.7. The first-order chi connectivity index (χ1) is 10.9. The number of benzene rings is 1. The number of esters is 1. The Morgan fingerprint density at radius 2 is 2.00 bits per heavy atom. The van der Waals surface area contributed by atoms with E-state index in [1.54, 1.807) is 6.92 Å². The van der Waals surface area contributed by atoms with Crippen molar-refractivity contribution in [1.82, 2.24) is 0 Å². The lowest BCUT2D eigenvalue weighted by Gasteiger charge is -2.20. The van der Waals surface area contributed by atoms with E-state index in [1.807, 2.05) is 0 Å². The molecule has 7 nitrogen and oxygen atoms in total. The molecule has 2 atom stereocenters. The van der Waals surface area contributed by atoms with Crippen molar-refractivity contribution in [2.75, 3.05) is 6.61 Å². The number of non-ortho nitro benzene ring substituents is 1. The predicted molar refractivity (Wildman–Crippen MR) is 79.9 cm³/mol. The Hall–Kier alpha value is -2.57. The molecule has 0 amide bonds. The Morgan fingerprint density at radius 3 is 2.48 bits per heavy atom. The molecule has 122 valence electrons. The van der Waals surface area contributed by atoms with Gasteiger partial charge >= 0.3 is 5.97 Å². The maximum absolute atomic E-state index is 12.7. The van der Waals surface area contributed by atoms with Crippen LogP contribution in [0.1, 0.15) is 36.5 Å². The van der Waals surface area contributed by atoms with Crippen molar-refractivity contribution in [3.63, 3.8) is 0 Å². The number of hydrogen-bond acceptors (Lipinski definition) is 6. The highest BCUT2D eigenvalue weighted by molar-refractivity contribution is 6.09. The Kier molecular flexibility index (Phi) is 5.20. The van der Waals surface area contributed by atoms with Crippen molar-refractivity contribution < 1.29 is 24.0 Å². The van der Waals surface area contributed by atoms with Crippen LogP contribution in [0.2, 0.25) is 0 Å². The smallest absolute Gasteiger partial charge is 0.317 e. The van der Waals surface area contributed by atoms with Crippen molar-refractivity contribution in [3.8, 4) is 0 Å². The number of carbonyl (C=O) groups excluding carboxylic acids is 3. The molecule has 1 aromatic rings. The van der Waals surface area contributed by atoms with E-state index in [4.69, 9.17) is 4.74 Å². The maximum atomic E-state index is 12.7. The van der Waals surface area contributed by atoms with E-state index >= 15 is 0 Å². The summed E-state index contributed by atoms with van der Waals surface area (Å²) < 4.78 is 4.98. The third-order valence-corrected chi connectivity index (χ3v) is 3.94. The van der Waals surface area contributed by atoms with Crippen molar-refractivity contribution in [3.05, 3.63) is 39.9 Å². The topological polar surface area (TPSA) is 104 Å². The summed E-state index contributed by atoms with van der Waals surface area (Å²) in [5.41, 5.74) is 0.0679. The second-order valence-electron chi connectivity index (χ2n) is 5.44. The molecule has 1 saturated carbocycles. The zero-order chi connectivity index (χ0) is 17.0. The number of ether oxygens (including phenoxy) is 1. The van der Waals surface area contributed by atoms with E-state index in [-0.39, 0.29) is 36.0 Å². The van der Waals surface area contributed by atoms with E-state index in [9.17, 15) is 24.5 Å². The minimum absolute atomic E-state index is 0.0285. The van der Waals surface area contributed by atoms with Crippen molar-refractivity contribution in [2.45, 2.75) is 26.2 Å². The number of hydrogen-bond donors (Lipinski definition) is 0. The van der Waals surface area contributed by atoms with Crippen LogP contribution >= 0.6 is 0 Å². The van der Waals surface area contributed by atoms with Gasteiger partial charge in [0.25, 0.3) is 5.69 Å². The lowest BCUT2D eigenvalue weighted by molar-refractivity contribution is -0.384. The summed E-state index contributed by atoms with van der Waals surface area (Å²) in [6.07, 6.45) is 1.01. The highest BCUT2D eigenvalue weighted by Crippen LogP contribution is 2.32. The van der Waals surface area contributed by atoms with Crippen molar-refractivity contribution in [1.29, 1.82) is 0 Å². The summed E-state index contributed by atoms with van der Waals surface area (Å²) in [7, 11) is 0. The number of ketones is 2. The zero-order valence-corrected chi connectivity index (χ0v) is 12.7. The van der Waals surface area contributed by atoms with E-state index in [0.717, 1.165) is 0 Å². The lowest BCUT2D eigenvalue weighted by atomic mass is 9.84. The second-order valence-corrected chi connectivity index (χ2v) is 5.44. The molecule has 0 N–H and O–H groups in total. The number of nitro benzene ring substituents is 1. The normalized spacial score (nSPS) is 18.5. The molecule has 7 heteroatoms. The average molecular weight is 319 g/mol. The first-order valence-corrected chi connectivity index (χ1v) is 7.41. The molecule has 2 rings (SSSR count). The number of Topliss-reactive ketones (excluding diaryl/α,β-unsaturated/α-hetero) is 2. The fraction of sp³-hybridized carbons (Fsp3) is 0.438. The molecule has 1 unspecified atom stereocenters. The van der Waals surface area contributed by atoms with Gasteiger partial charge in [-0.15, -0.1) is 0 Å². The number of nitrogens with zero attached hydrogens (tertiary/aromatic N) is 1. The minimum atomic E-state index is -1.04. The van der Waals surface area contributed by atoms with Gasteiger partial charge in [0.2, 0.25) is 0 Å². The van der Waals surface area contributed by atoms with Gasteiger partial charge in [0.1, 0.15) is 11.7 Å². The largest absolute Gasteiger partial charge is 0.465 e. The van der Waals surface area contributed by atoms with Crippen molar-refractivity contribution in [2.24, 2.45) is 11.8 Å². The van der Waals surface area contributed by atoms with Gasteiger partial charge in [-0.25, -0.2) is 0 Å². The molecule has 1 aliphatic carbocycles. The third kappa shape index (κ3) is 3.80. The summed E-state index contributed by atoms with van der Waals surface area (Å²) in [6, 6.07) is 5.08. The Bertz CT molecular complexity index is 636. The Labute approximate surface area is 132 Å². The fourth-order valence-electron chi connectivity index (χ4n) is 2.80. The molecule has 0 radical (unpaired) electrons. The molecule has 23 heavy (non-hydrogen) atoms. The molecular formula is C16H17NO6. The molecule has 0 saturated heterocycles. The molecule has 0 heterocycles. The number of nitro groups is 1. The summed E-state index contributed by atoms with van der Waals surface area (Å²) in [4.78, 5) is 46.4. The molecule has 0 bridgehead atoms. The van der Waals surface area contributed by atoms with Gasteiger partial charge in [-0.05, 0) is 31.4 Å². The highest BCUT2D eigenvalue weighted by atomic mass is 16.6. The van der Waals surface area contributed by atoms with Gasteiger partial charge in [0.05, 0.1) is 11.5 Å². The van der Waals surface area contributed by atoms with Crippen LogP contribution in [-0.4, -0.2) is 29.1 Å². The van der Waals surface area contributed by atoms with Crippen LogP contribution in [0, 0.1) is 22.0 Å². The van der Waals surface area contributed by atoms with Gasteiger partial charge in [-0.3, -0.25) is 24.5 Å². The molecule has 1 aromatic carbocycles. The van der Waals surface area contributed by atoms with Crippen LogP contribution in [0.15, 0.2) is 24.3 Å². The Balaban J connectivity index is 2.26. The van der Waals surface area contributed by atoms with Crippen LogP contribution in [0.5, 0.6) is 0 Å². The zero-order valence-electron chi connectivity index (χ0n) is 12.7. The van der Waals surface area contributed by atoms with Crippen LogP contribution < -0.4 is 0 Å². The maximum Gasteiger partial charge on any atom is 0.317 e. The molecule has 0 aliphatic heterocycles. The fourth-order valence-corrected chi connectivity index (χ4v) is 2.80. The predicted octanol–water partition coefficient (Wildman–Crippen LogP) is 2.33. The van der Waals surface area contributed by atoms with E-state index in [2.05, 4.69) is 0 Å². The summed E-state index contributed by atoms with van der Waals surface area (Å²) >= 11 is 0. The summed E-state index contributed by atoms with van der Waals surface area (Å²) in [5.74, 6) is -2.48. The van der Waals surface area contributed by atoms with Gasteiger partial charge in [0, 0.05) is 30.5 Å². The summed E-state index contributed by atoms with van der Waals surface area (Å²) in [6.45, 7) is 1.79. The SMILES string of the molecule is CCOC(=O)C(C(=O)c1ccc([N+](=O)[O-])cc1)[C@@H]1CCC(=O)C1. The first-order valence-electron chi connectivity index (χ1n) is 7.41. The monoisotopic (exact) mass is 319 g/mol. The number of carbonyl (C=O) groups is 3. The Morgan fingerprint density at radius 1 is 1.35 bits per heavy atom.